The van der Waals surface area contributed by atoms with E-state index in [0.717, 1.165) is 44.0 Å². The van der Waals surface area contributed by atoms with Crippen LogP contribution in [0.15, 0.2) is 53.1 Å². The number of hydrogen-bond acceptors (Lipinski definition) is 6. The number of benzene rings is 2. The fourth-order valence-corrected chi connectivity index (χ4v) is 3.52. The quantitative estimate of drug-likeness (QED) is 0.626. The number of aryl methyl sites for hydroxylation is 1. The number of aromatic nitrogens is 2. The summed E-state index contributed by atoms with van der Waals surface area (Å²) in [5.74, 6) is 0.869. The van der Waals surface area contributed by atoms with Gasteiger partial charge in [-0.3, -0.25) is 9.69 Å². The van der Waals surface area contributed by atoms with Gasteiger partial charge in [0, 0.05) is 37.8 Å². The van der Waals surface area contributed by atoms with Crippen molar-refractivity contribution < 1.29 is 14.1 Å². The molecule has 3 aromatic rings. The van der Waals surface area contributed by atoms with Crippen LogP contribution in [0.4, 0.5) is 0 Å². The Morgan fingerprint density at radius 1 is 1.10 bits per heavy atom. The second-order valence-electron chi connectivity index (χ2n) is 7.57. The van der Waals surface area contributed by atoms with Crippen molar-refractivity contribution in [2.45, 2.75) is 20.0 Å². The summed E-state index contributed by atoms with van der Waals surface area (Å²) in [6, 6.07) is 15.7. The number of rotatable bonds is 6. The molecule has 0 unspecified atom stereocenters. The Kier molecular flexibility index (Phi) is 6.21. The van der Waals surface area contributed by atoms with Crippen molar-refractivity contribution in [1.82, 2.24) is 19.9 Å². The van der Waals surface area contributed by atoms with E-state index in [1.807, 2.05) is 55.5 Å². The fourth-order valence-electron chi connectivity index (χ4n) is 3.52. The highest BCUT2D eigenvalue weighted by Gasteiger charge is 2.17. The van der Waals surface area contributed by atoms with E-state index in [0.29, 0.717) is 17.3 Å². The number of nitrogens with zero attached hydrogens (tertiary/aromatic N) is 4. The molecule has 7 nitrogen and oxygen atoms in total. The van der Waals surface area contributed by atoms with Crippen molar-refractivity contribution in [3.05, 3.63) is 71.1 Å². The first-order valence-electron chi connectivity index (χ1n) is 10.1. The second kappa shape index (κ2) is 9.19. The Hall–Kier alpha value is -3.03. The molecule has 0 N–H and O–H groups in total. The lowest BCUT2D eigenvalue weighted by molar-refractivity contribution is 0.0342. The SMILES string of the molecule is Cc1ccccc1-c1noc(CN(C)C(=O)c2ccc(CN3CCOCC3)cc2)n1. The molecule has 30 heavy (non-hydrogen) atoms. The molecule has 0 radical (unpaired) electrons. The molecule has 1 aliphatic heterocycles. The third-order valence-corrected chi connectivity index (χ3v) is 5.28. The van der Waals surface area contributed by atoms with Gasteiger partial charge in [0.15, 0.2) is 0 Å². The van der Waals surface area contributed by atoms with Crippen LogP contribution < -0.4 is 0 Å². The fraction of sp³-hybridized carbons (Fsp3) is 0.348. The molecule has 1 aliphatic rings. The summed E-state index contributed by atoms with van der Waals surface area (Å²) in [5, 5.41) is 4.06. The Morgan fingerprint density at radius 2 is 1.83 bits per heavy atom. The summed E-state index contributed by atoms with van der Waals surface area (Å²) in [4.78, 5) is 21.2. The zero-order valence-corrected chi connectivity index (χ0v) is 17.4. The number of carbonyl (C=O) groups excluding carboxylic acids is 1. The first kappa shape index (κ1) is 20.3. The van der Waals surface area contributed by atoms with Gasteiger partial charge < -0.3 is 14.2 Å². The molecule has 0 saturated carbocycles. The highest BCUT2D eigenvalue weighted by Crippen LogP contribution is 2.20. The van der Waals surface area contributed by atoms with Crippen LogP contribution in [0.5, 0.6) is 0 Å². The maximum atomic E-state index is 12.8. The average Bonchev–Trinajstić information content (AvgIpc) is 3.23. The van der Waals surface area contributed by atoms with E-state index in [1.165, 1.54) is 5.56 Å². The van der Waals surface area contributed by atoms with Gasteiger partial charge in [-0.2, -0.15) is 4.98 Å². The molecule has 0 bridgehead atoms. The third kappa shape index (κ3) is 4.75. The Balaban J connectivity index is 1.37. The predicted octanol–water partition coefficient (Wildman–Crippen LogP) is 3.15. The van der Waals surface area contributed by atoms with Crippen molar-refractivity contribution in [2.75, 3.05) is 33.4 Å². The number of morpholine rings is 1. The Bertz CT molecular complexity index is 994. The number of ether oxygens (including phenoxy) is 1. The van der Waals surface area contributed by atoms with Crippen LogP contribution >= 0.6 is 0 Å². The average molecular weight is 406 g/mol. The molecule has 156 valence electrons. The third-order valence-electron chi connectivity index (χ3n) is 5.28. The van der Waals surface area contributed by atoms with E-state index in [2.05, 4.69) is 15.0 Å². The van der Waals surface area contributed by atoms with Crippen molar-refractivity contribution in [3.8, 4) is 11.4 Å². The van der Waals surface area contributed by atoms with Crippen LogP contribution in [0.2, 0.25) is 0 Å². The van der Waals surface area contributed by atoms with Gasteiger partial charge in [-0.05, 0) is 30.2 Å². The van der Waals surface area contributed by atoms with Crippen LogP contribution in [0, 0.1) is 6.92 Å². The van der Waals surface area contributed by atoms with Crippen LogP contribution in [0.3, 0.4) is 0 Å². The van der Waals surface area contributed by atoms with E-state index in [4.69, 9.17) is 9.26 Å². The van der Waals surface area contributed by atoms with Crippen molar-refractivity contribution >= 4 is 5.91 Å². The smallest absolute Gasteiger partial charge is 0.254 e. The van der Waals surface area contributed by atoms with Crippen molar-refractivity contribution in [2.24, 2.45) is 0 Å². The lowest BCUT2D eigenvalue weighted by atomic mass is 10.1. The zero-order valence-electron chi connectivity index (χ0n) is 17.4. The minimum Gasteiger partial charge on any atom is -0.379 e. The molecule has 2 aromatic carbocycles. The van der Waals surface area contributed by atoms with Crippen LogP contribution in [0.1, 0.15) is 27.4 Å². The van der Waals surface area contributed by atoms with Gasteiger partial charge in [0.25, 0.3) is 5.91 Å². The first-order valence-corrected chi connectivity index (χ1v) is 10.1. The highest BCUT2D eigenvalue weighted by molar-refractivity contribution is 5.94. The molecule has 0 atom stereocenters. The summed E-state index contributed by atoms with van der Waals surface area (Å²) in [7, 11) is 1.74. The summed E-state index contributed by atoms with van der Waals surface area (Å²) >= 11 is 0. The summed E-state index contributed by atoms with van der Waals surface area (Å²) in [5.41, 5.74) is 3.83. The predicted molar refractivity (Wildman–Crippen MR) is 113 cm³/mol. The van der Waals surface area contributed by atoms with Gasteiger partial charge in [-0.1, -0.05) is 41.6 Å². The lowest BCUT2D eigenvalue weighted by Crippen LogP contribution is -2.35. The molecule has 7 heteroatoms. The number of hydrogen-bond donors (Lipinski definition) is 0. The highest BCUT2D eigenvalue weighted by atomic mass is 16.5. The summed E-state index contributed by atoms with van der Waals surface area (Å²) in [6.07, 6.45) is 0. The molecule has 1 fully saturated rings. The van der Waals surface area contributed by atoms with E-state index >= 15 is 0 Å². The molecule has 4 rings (SSSR count). The standard InChI is InChI=1S/C23H26N4O3/c1-17-5-3-4-6-20(17)22-24-21(30-25-22)16-26(2)23(28)19-9-7-18(8-10-19)15-27-11-13-29-14-12-27/h3-10H,11-16H2,1-2H3. The minimum atomic E-state index is -0.0800. The van der Waals surface area contributed by atoms with E-state index in [-0.39, 0.29) is 12.5 Å². The monoisotopic (exact) mass is 406 g/mol. The molecule has 1 amide bonds. The van der Waals surface area contributed by atoms with Crippen LogP contribution in [-0.2, 0) is 17.8 Å². The normalized spacial score (nSPS) is 14.6. The minimum absolute atomic E-state index is 0.0800. The molecule has 0 aliphatic carbocycles. The zero-order chi connectivity index (χ0) is 20.9. The second-order valence-corrected chi connectivity index (χ2v) is 7.57. The van der Waals surface area contributed by atoms with Gasteiger partial charge in [0.05, 0.1) is 19.8 Å². The van der Waals surface area contributed by atoms with Gasteiger partial charge >= 0.3 is 0 Å². The molecule has 1 saturated heterocycles. The van der Waals surface area contributed by atoms with E-state index in [1.54, 1.807) is 11.9 Å². The molecule has 0 spiro atoms. The van der Waals surface area contributed by atoms with E-state index in [9.17, 15) is 4.79 Å². The number of carbonyl (C=O) groups is 1. The maximum Gasteiger partial charge on any atom is 0.254 e. The topological polar surface area (TPSA) is 71.7 Å². The summed E-state index contributed by atoms with van der Waals surface area (Å²) < 4.78 is 10.8. The Labute approximate surface area is 176 Å². The van der Waals surface area contributed by atoms with Gasteiger partial charge in [-0.15, -0.1) is 0 Å². The number of amides is 1. The van der Waals surface area contributed by atoms with Crippen molar-refractivity contribution in [1.29, 1.82) is 0 Å². The largest absolute Gasteiger partial charge is 0.379 e. The van der Waals surface area contributed by atoms with Gasteiger partial charge in [-0.25, -0.2) is 0 Å². The maximum absolute atomic E-state index is 12.8. The van der Waals surface area contributed by atoms with Crippen LogP contribution in [-0.4, -0.2) is 59.2 Å². The van der Waals surface area contributed by atoms with E-state index < -0.39 is 0 Å². The molecule has 1 aromatic heterocycles. The first-order chi connectivity index (χ1) is 14.6. The lowest BCUT2D eigenvalue weighted by Gasteiger charge is -2.26. The van der Waals surface area contributed by atoms with Crippen LogP contribution in [0.25, 0.3) is 11.4 Å². The van der Waals surface area contributed by atoms with Crippen molar-refractivity contribution in [3.63, 3.8) is 0 Å². The Morgan fingerprint density at radius 3 is 2.57 bits per heavy atom. The summed E-state index contributed by atoms with van der Waals surface area (Å²) in [6.45, 7) is 6.58. The van der Waals surface area contributed by atoms with Gasteiger partial charge in [0.2, 0.25) is 11.7 Å². The molecular weight excluding hydrogens is 380 g/mol. The molecule has 2 heterocycles. The molecular formula is C23H26N4O3. The van der Waals surface area contributed by atoms with Gasteiger partial charge in [0.1, 0.15) is 0 Å².